The molecule has 0 bridgehead atoms. The minimum atomic E-state index is 1.15. The van der Waals surface area contributed by atoms with E-state index in [4.69, 9.17) is 0 Å². The second kappa shape index (κ2) is 10.4. The fraction of sp³-hybridized carbons (Fsp3) is 0. The van der Waals surface area contributed by atoms with Crippen LogP contribution in [-0.4, -0.2) is 18.7 Å². The highest BCUT2D eigenvalue weighted by Gasteiger charge is 2.20. The molecule has 52 heavy (non-hydrogen) atoms. The minimum Gasteiger partial charge on any atom is -0.309 e. The Hall–Kier alpha value is -6.69. The lowest BCUT2D eigenvalue weighted by Gasteiger charge is -2.12. The summed E-state index contributed by atoms with van der Waals surface area (Å²) in [6.45, 7) is 0. The lowest BCUT2D eigenvalue weighted by atomic mass is 10.1. The zero-order valence-electron chi connectivity index (χ0n) is 27.9. The maximum Gasteiger partial charge on any atom is 0.0640 e. The smallest absolute Gasteiger partial charge is 0.0640 e. The molecule has 12 aromatic rings. The highest BCUT2D eigenvalue weighted by molar-refractivity contribution is 7.26. The molecule has 5 aromatic heterocycles. The van der Waals surface area contributed by atoms with E-state index in [1.54, 1.807) is 0 Å². The van der Waals surface area contributed by atoms with Gasteiger partial charge in [0.2, 0.25) is 0 Å². The van der Waals surface area contributed by atoms with Crippen LogP contribution in [0, 0.1) is 0 Å². The molecule has 4 nitrogen and oxygen atoms in total. The van der Waals surface area contributed by atoms with E-state index in [0.717, 1.165) is 11.4 Å². The first-order chi connectivity index (χ1) is 25.8. The van der Waals surface area contributed by atoms with Crippen LogP contribution in [0.25, 0.3) is 103 Å². The van der Waals surface area contributed by atoms with E-state index in [0.29, 0.717) is 0 Å². The summed E-state index contributed by atoms with van der Waals surface area (Å²) in [6, 6.07) is 57.8. The summed E-state index contributed by atoms with van der Waals surface area (Å²) in [5.41, 5.74) is 10.7. The van der Waals surface area contributed by atoms with Crippen molar-refractivity contribution in [1.29, 1.82) is 0 Å². The summed E-state index contributed by atoms with van der Waals surface area (Å²) in [6.07, 6.45) is 3.88. The summed E-state index contributed by atoms with van der Waals surface area (Å²) in [5, 5.41) is 9.97. The number of hydrogen-bond acceptors (Lipinski definition) is 2. The van der Waals surface area contributed by atoms with Crippen molar-refractivity contribution in [3.63, 3.8) is 0 Å². The molecular weight excluding hydrogens is 653 g/mol. The number of para-hydroxylation sites is 4. The topological polar surface area (TPSA) is 27.7 Å². The molecule has 5 heteroatoms. The van der Waals surface area contributed by atoms with E-state index in [1.165, 1.54) is 91.3 Å². The number of fused-ring (bicyclic) bond motifs is 12. The molecule has 0 amide bonds. The van der Waals surface area contributed by atoms with Gasteiger partial charge in [-0.05, 0) is 72.8 Å². The quantitative estimate of drug-likeness (QED) is 0.182. The molecule has 0 aliphatic heterocycles. The van der Waals surface area contributed by atoms with Crippen LogP contribution in [0.3, 0.4) is 0 Å². The Kier molecular flexibility index (Phi) is 5.62. The van der Waals surface area contributed by atoms with E-state index in [-0.39, 0.29) is 0 Å². The van der Waals surface area contributed by atoms with Gasteiger partial charge in [-0.1, -0.05) is 84.9 Å². The SMILES string of the molecule is c1cc(-n2c3ccccc3c3cc(-n4c5ccccc5c5cc(-n6c7ccccc7c7ccccc76)ccc54)ccc32)c2sc3ccncc3c2c1. The molecule has 0 saturated heterocycles. The Balaban J connectivity index is 1.10. The minimum absolute atomic E-state index is 1.15. The van der Waals surface area contributed by atoms with Crippen molar-refractivity contribution >= 4 is 96.9 Å². The number of hydrogen-bond donors (Lipinski definition) is 0. The van der Waals surface area contributed by atoms with E-state index < -0.39 is 0 Å². The third kappa shape index (κ3) is 3.72. The Morgan fingerprint density at radius 1 is 0.365 bits per heavy atom. The third-order valence-corrected chi connectivity index (χ3v) is 12.1. The Morgan fingerprint density at radius 3 is 1.40 bits per heavy atom. The van der Waals surface area contributed by atoms with Gasteiger partial charge in [0.25, 0.3) is 0 Å². The zero-order valence-corrected chi connectivity index (χ0v) is 28.7. The van der Waals surface area contributed by atoms with E-state index in [9.17, 15) is 0 Å². The van der Waals surface area contributed by atoms with E-state index in [1.807, 2.05) is 23.7 Å². The van der Waals surface area contributed by atoms with Crippen LogP contribution in [-0.2, 0) is 0 Å². The highest BCUT2D eigenvalue weighted by atomic mass is 32.1. The summed E-state index contributed by atoms with van der Waals surface area (Å²) < 4.78 is 9.83. The summed E-state index contributed by atoms with van der Waals surface area (Å²) in [5.74, 6) is 0. The molecule has 0 aliphatic rings. The monoisotopic (exact) mass is 680 g/mol. The van der Waals surface area contributed by atoms with Gasteiger partial charge < -0.3 is 13.7 Å². The van der Waals surface area contributed by atoms with Crippen LogP contribution in [0.4, 0.5) is 0 Å². The molecule has 0 aliphatic carbocycles. The molecule has 7 aromatic carbocycles. The molecule has 0 unspecified atom stereocenters. The zero-order chi connectivity index (χ0) is 33.9. The van der Waals surface area contributed by atoms with Crippen molar-refractivity contribution in [3.8, 4) is 17.1 Å². The van der Waals surface area contributed by atoms with Gasteiger partial charge in [-0.3, -0.25) is 4.98 Å². The van der Waals surface area contributed by atoms with Crippen LogP contribution in [0.1, 0.15) is 0 Å². The molecule has 12 rings (SSSR count). The average Bonchev–Trinajstić information content (AvgIpc) is 3.94. The second-order valence-electron chi connectivity index (χ2n) is 13.6. The Labute approximate surface area is 301 Å². The fourth-order valence-electron chi connectivity index (χ4n) is 8.74. The molecule has 0 N–H and O–H groups in total. The maximum atomic E-state index is 4.44. The predicted molar refractivity (Wildman–Crippen MR) is 220 cm³/mol. The normalized spacial score (nSPS) is 12.2. The Morgan fingerprint density at radius 2 is 0.827 bits per heavy atom. The number of pyridine rings is 1. The molecule has 5 heterocycles. The van der Waals surface area contributed by atoms with Crippen LogP contribution in [0.5, 0.6) is 0 Å². The van der Waals surface area contributed by atoms with Gasteiger partial charge in [0.1, 0.15) is 0 Å². The maximum absolute atomic E-state index is 4.44. The first-order valence-corrected chi connectivity index (χ1v) is 18.4. The first kappa shape index (κ1) is 28.1. The highest BCUT2D eigenvalue weighted by Crippen LogP contribution is 2.42. The van der Waals surface area contributed by atoms with Crippen LogP contribution in [0.15, 0.2) is 170 Å². The number of nitrogens with zero attached hydrogens (tertiary/aromatic N) is 4. The summed E-state index contributed by atoms with van der Waals surface area (Å²) in [4.78, 5) is 4.44. The lowest BCUT2D eigenvalue weighted by molar-refractivity contribution is 1.16. The first-order valence-electron chi connectivity index (χ1n) is 17.6. The van der Waals surface area contributed by atoms with Gasteiger partial charge in [-0.25, -0.2) is 0 Å². The van der Waals surface area contributed by atoms with Crippen LogP contribution >= 0.6 is 11.3 Å². The number of rotatable bonds is 3. The van der Waals surface area contributed by atoms with E-state index in [2.05, 4.69) is 176 Å². The molecule has 0 radical (unpaired) electrons. The fourth-order valence-corrected chi connectivity index (χ4v) is 9.91. The van der Waals surface area contributed by atoms with Crippen molar-refractivity contribution < 1.29 is 0 Å². The van der Waals surface area contributed by atoms with Crippen molar-refractivity contribution in [2.75, 3.05) is 0 Å². The number of benzene rings is 7. The molecular formula is C47H28N4S. The van der Waals surface area contributed by atoms with E-state index >= 15 is 0 Å². The van der Waals surface area contributed by atoms with Gasteiger partial charge in [-0.15, -0.1) is 11.3 Å². The number of aromatic nitrogens is 4. The number of thiophene rings is 1. The molecule has 242 valence electrons. The summed E-state index contributed by atoms with van der Waals surface area (Å²) >= 11 is 1.84. The van der Waals surface area contributed by atoms with Gasteiger partial charge in [0.05, 0.1) is 43.5 Å². The van der Waals surface area contributed by atoms with Crippen molar-refractivity contribution in [2.45, 2.75) is 0 Å². The predicted octanol–water partition coefficient (Wildman–Crippen LogP) is 12.7. The molecule has 0 atom stereocenters. The molecule has 0 saturated carbocycles. The van der Waals surface area contributed by atoms with Crippen LogP contribution in [0.2, 0.25) is 0 Å². The van der Waals surface area contributed by atoms with Gasteiger partial charge >= 0.3 is 0 Å². The van der Waals surface area contributed by atoms with Crippen molar-refractivity contribution in [3.05, 3.63) is 170 Å². The summed E-state index contributed by atoms with van der Waals surface area (Å²) in [7, 11) is 0. The average molecular weight is 681 g/mol. The molecule has 0 spiro atoms. The molecule has 0 fully saturated rings. The second-order valence-corrected chi connectivity index (χ2v) is 14.7. The van der Waals surface area contributed by atoms with Gasteiger partial charge in [0, 0.05) is 71.6 Å². The van der Waals surface area contributed by atoms with Crippen molar-refractivity contribution in [1.82, 2.24) is 18.7 Å². The Bertz CT molecular complexity index is 3370. The van der Waals surface area contributed by atoms with Crippen molar-refractivity contribution in [2.24, 2.45) is 0 Å². The third-order valence-electron chi connectivity index (χ3n) is 10.9. The lowest BCUT2D eigenvalue weighted by Crippen LogP contribution is -1.97. The standard InChI is InChI=1S/C47H28N4S/c1-5-15-39-31(10-1)32-11-2-6-16-40(32)49(39)29-20-22-43-36(26-29)33-12-3-7-17-41(33)50(43)30-21-23-44-37(27-30)34-13-4-8-18-42(34)51(44)45-19-9-14-35-38-28-48-25-24-46(38)52-47(35)45/h1-28H. The largest absolute Gasteiger partial charge is 0.309 e. The van der Waals surface area contributed by atoms with Crippen LogP contribution < -0.4 is 0 Å². The van der Waals surface area contributed by atoms with Gasteiger partial charge in [0.15, 0.2) is 0 Å². The van der Waals surface area contributed by atoms with Gasteiger partial charge in [-0.2, -0.15) is 0 Å².